The molecule has 0 radical (unpaired) electrons. The molecule has 3 rings (SSSR count). The summed E-state index contributed by atoms with van der Waals surface area (Å²) in [6.45, 7) is 1.38. The van der Waals surface area contributed by atoms with Gasteiger partial charge in [-0.25, -0.2) is 23.3 Å². The molecule has 3 aromatic rings. The summed E-state index contributed by atoms with van der Waals surface area (Å²) in [6.07, 6.45) is -0.0901. The fourth-order valence-electron chi connectivity index (χ4n) is 2.43. The average molecular weight is 416 g/mol. The Morgan fingerprint density at radius 1 is 1.17 bits per heavy atom. The molecular formula is C18H16N4O6S. The van der Waals surface area contributed by atoms with Gasteiger partial charge in [-0.1, -0.05) is 24.3 Å². The maximum atomic E-state index is 11.3. The van der Waals surface area contributed by atoms with Crippen molar-refractivity contribution in [2.24, 2.45) is 15.4 Å². The van der Waals surface area contributed by atoms with Crippen LogP contribution in [0.5, 0.6) is 11.5 Å². The molecule has 4 N–H and O–H groups in total. The number of sulfonamides is 1. The van der Waals surface area contributed by atoms with Crippen LogP contribution in [0, 0.1) is 0 Å². The number of phenolic OH excluding ortho intramolecular Hbond substituents is 1. The Balaban J connectivity index is 2.01. The van der Waals surface area contributed by atoms with Crippen LogP contribution < -0.4 is 9.88 Å². The zero-order valence-electron chi connectivity index (χ0n) is 15.1. The molecule has 1 aromatic heterocycles. The molecule has 29 heavy (non-hydrogen) atoms. The number of hydrogen-bond acceptors (Lipinski definition) is 8. The molecule has 0 aliphatic rings. The summed E-state index contributed by atoms with van der Waals surface area (Å²) in [5, 5.41) is 33.3. The molecule has 0 fully saturated rings. The van der Waals surface area contributed by atoms with Crippen LogP contribution in [0.3, 0.4) is 0 Å². The van der Waals surface area contributed by atoms with Crippen molar-refractivity contribution in [2.75, 3.05) is 0 Å². The monoisotopic (exact) mass is 416 g/mol. The number of aromatic nitrogens is 1. The van der Waals surface area contributed by atoms with Crippen molar-refractivity contribution in [2.45, 2.75) is 17.9 Å². The van der Waals surface area contributed by atoms with Crippen LogP contribution in [-0.2, 0) is 14.8 Å². The summed E-state index contributed by atoms with van der Waals surface area (Å²) in [4.78, 5) is 14.8. The largest absolute Gasteiger partial charge is 0.505 e. The molecule has 1 heterocycles. The fourth-order valence-corrected chi connectivity index (χ4v) is 2.89. The van der Waals surface area contributed by atoms with Gasteiger partial charge in [-0.05, 0) is 19.1 Å². The van der Waals surface area contributed by atoms with Crippen LogP contribution in [0.1, 0.15) is 6.92 Å². The van der Waals surface area contributed by atoms with E-state index in [9.17, 15) is 18.3 Å². The number of rotatable bonds is 6. The third kappa shape index (κ3) is 4.47. The third-order valence-corrected chi connectivity index (χ3v) is 4.82. The van der Waals surface area contributed by atoms with E-state index in [-0.39, 0.29) is 27.9 Å². The number of primary sulfonamides is 1. The van der Waals surface area contributed by atoms with E-state index in [0.29, 0.717) is 10.8 Å². The quantitative estimate of drug-likeness (QED) is 0.520. The van der Waals surface area contributed by atoms with Crippen LogP contribution >= 0.6 is 0 Å². The van der Waals surface area contributed by atoms with E-state index in [1.165, 1.54) is 25.1 Å². The second kappa shape index (κ2) is 7.81. The lowest BCUT2D eigenvalue weighted by Gasteiger charge is -2.14. The van der Waals surface area contributed by atoms with Gasteiger partial charge in [-0.15, -0.1) is 10.2 Å². The Labute approximate surface area is 165 Å². The van der Waals surface area contributed by atoms with Gasteiger partial charge in [0.25, 0.3) is 0 Å². The Hall–Kier alpha value is -3.57. The Bertz CT molecular complexity index is 1210. The molecule has 0 saturated carbocycles. The smallest absolute Gasteiger partial charge is 0.344 e. The van der Waals surface area contributed by atoms with Gasteiger partial charge in [0.1, 0.15) is 16.3 Å². The summed E-state index contributed by atoms with van der Waals surface area (Å²) in [7, 11) is -3.88. The Morgan fingerprint density at radius 3 is 2.45 bits per heavy atom. The number of fused-ring (bicyclic) bond motifs is 1. The van der Waals surface area contributed by atoms with Crippen molar-refractivity contribution in [1.82, 2.24) is 4.98 Å². The van der Waals surface area contributed by atoms with Crippen molar-refractivity contribution in [3.63, 3.8) is 0 Å². The molecule has 0 bridgehead atoms. The summed E-state index contributed by atoms with van der Waals surface area (Å²) in [5.41, 5.74) is 0.0219. The molecule has 0 amide bonds. The van der Waals surface area contributed by atoms with Gasteiger partial charge in [0, 0.05) is 23.0 Å². The number of hydrogen-bond donors (Lipinski definition) is 3. The van der Waals surface area contributed by atoms with E-state index >= 15 is 0 Å². The number of pyridine rings is 1. The number of aliphatic carboxylic acids is 1. The Kier molecular flexibility index (Phi) is 5.43. The molecule has 2 aromatic carbocycles. The highest BCUT2D eigenvalue weighted by Gasteiger charge is 2.18. The number of carboxylic acids is 1. The predicted octanol–water partition coefficient (Wildman–Crippen LogP) is 2.86. The average Bonchev–Trinajstić information content (AvgIpc) is 2.68. The first kappa shape index (κ1) is 20.2. The van der Waals surface area contributed by atoms with Gasteiger partial charge in [0.2, 0.25) is 10.0 Å². The second-order valence-electron chi connectivity index (χ2n) is 5.98. The highest BCUT2D eigenvalue weighted by molar-refractivity contribution is 7.89. The van der Waals surface area contributed by atoms with Crippen molar-refractivity contribution >= 4 is 38.3 Å². The van der Waals surface area contributed by atoms with Gasteiger partial charge in [-0.2, -0.15) is 0 Å². The predicted molar refractivity (Wildman–Crippen MR) is 103 cm³/mol. The number of benzene rings is 2. The molecule has 10 nitrogen and oxygen atoms in total. The third-order valence-electron chi connectivity index (χ3n) is 3.92. The lowest BCUT2D eigenvalue weighted by Crippen LogP contribution is -2.22. The fraction of sp³-hybridized carbons (Fsp3) is 0.111. The zero-order chi connectivity index (χ0) is 21.2. The zero-order valence-corrected chi connectivity index (χ0v) is 15.9. The minimum Gasteiger partial charge on any atom is -0.505 e. The number of nitrogens with two attached hydrogens (primary N) is 1. The van der Waals surface area contributed by atoms with Crippen molar-refractivity contribution in [3.05, 3.63) is 48.7 Å². The minimum absolute atomic E-state index is 0.0219. The first-order valence-electron chi connectivity index (χ1n) is 8.21. The second-order valence-corrected chi connectivity index (χ2v) is 7.54. The van der Waals surface area contributed by atoms with Crippen LogP contribution in [0.15, 0.2) is 63.8 Å². The van der Waals surface area contributed by atoms with Gasteiger partial charge in [-0.3, -0.25) is 0 Å². The molecule has 1 unspecified atom stereocenters. The number of nitrogens with zero attached hydrogens (tertiary/aromatic N) is 3. The summed E-state index contributed by atoms with van der Waals surface area (Å²) in [6, 6.07) is 10.6. The lowest BCUT2D eigenvalue weighted by atomic mass is 10.1. The van der Waals surface area contributed by atoms with Crippen molar-refractivity contribution < 1.29 is 28.2 Å². The van der Waals surface area contributed by atoms with Crippen LogP contribution in [0.2, 0.25) is 0 Å². The number of ether oxygens (including phenoxy) is 1. The van der Waals surface area contributed by atoms with E-state index < -0.39 is 22.1 Å². The number of carboxylic acid groups (broad SMARTS) is 1. The lowest BCUT2D eigenvalue weighted by molar-refractivity contribution is -0.144. The summed E-state index contributed by atoms with van der Waals surface area (Å²) >= 11 is 0. The molecule has 1 atom stereocenters. The SMILES string of the molecule is CC(Oc1cc(N=Nc2ccc(S(N)(=O)=O)cn2)c(O)c2ccccc12)C(=O)O. The highest BCUT2D eigenvalue weighted by atomic mass is 32.2. The van der Waals surface area contributed by atoms with E-state index in [4.69, 9.17) is 15.0 Å². The molecule has 11 heteroatoms. The summed E-state index contributed by atoms with van der Waals surface area (Å²) < 4.78 is 28.0. The maximum Gasteiger partial charge on any atom is 0.344 e. The van der Waals surface area contributed by atoms with E-state index in [0.717, 1.165) is 6.20 Å². The van der Waals surface area contributed by atoms with Gasteiger partial charge in [0.05, 0.1) is 0 Å². The molecule has 150 valence electrons. The maximum absolute atomic E-state index is 11.3. The van der Waals surface area contributed by atoms with Gasteiger partial charge >= 0.3 is 5.97 Å². The normalized spacial score (nSPS) is 12.9. The van der Waals surface area contributed by atoms with Crippen LogP contribution in [0.4, 0.5) is 11.5 Å². The minimum atomic E-state index is -3.88. The highest BCUT2D eigenvalue weighted by Crippen LogP contribution is 2.41. The number of aromatic hydroxyl groups is 1. The number of phenols is 1. The van der Waals surface area contributed by atoms with Crippen LogP contribution in [0.25, 0.3) is 10.8 Å². The first-order chi connectivity index (χ1) is 13.7. The first-order valence-corrected chi connectivity index (χ1v) is 9.76. The molecule has 0 aliphatic carbocycles. The van der Waals surface area contributed by atoms with Crippen LogP contribution in [-0.4, -0.2) is 35.7 Å². The molecular weight excluding hydrogens is 400 g/mol. The molecule has 0 spiro atoms. The topological polar surface area (TPSA) is 165 Å². The summed E-state index contributed by atoms with van der Waals surface area (Å²) in [5.74, 6) is -1.04. The number of azo groups is 1. The van der Waals surface area contributed by atoms with E-state index in [2.05, 4.69) is 15.2 Å². The van der Waals surface area contributed by atoms with Gasteiger partial charge < -0.3 is 14.9 Å². The number of carbonyl (C=O) groups is 1. The Morgan fingerprint density at radius 2 is 1.86 bits per heavy atom. The van der Waals surface area contributed by atoms with E-state index in [1.54, 1.807) is 24.3 Å². The van der Waals surface area contributed by atoms with Crippen molar-refractivity contribution in [3.8, 4) is 11.5 Å². The van der Waals surface area contributed by atoms with Gasteiger partial charge in [0.15, 0.2) is 17.7 Å². The standard InChI is InChI=1S/C18H16N4O6S/c1-10(18(24)25)28-15-8-14(17(23)13-5-3-2-4-12(13)15)21-22-16-7-6-11(9-20-16)29(19,26)27/h2-10,23H,1H3,(H,24,25)(H2,19,26,27). The van der Waals surface area contributed by atoms with Crippen molar-refractivity contribution in [1.29, 1.82) is 0 Å². The molecule has 0 saturated heterocycles. The van der Waals surface area contributed by atoms with E-state index in [1.807, 2.05) is 0 Å². The molecule has 0 aliphatic heterocycles.